The van der Waals surface area contributed by atoms with Gasteiger partial charge in [0.15, 0.2) is 5.65 Å². The molecule has 9 heteroatoms. The molecule has 3 heterocycles. The summed E-state index contributed by atoms with van der Waals surface area (Å²) >= 11 is 0. The molecule has 3 N–H and O–H groups in total. The Morgan fingerprint density at radius 3 is 2.49 bits per heavy atom. The van der Waals surface area contributed by atoms with Crippen LogP contribution in [0.3, 0.4) is 0 Å². The molecule has 5 aromatic rings. The Morgan fingerprint density at radius 1 is 1.08 bits per heavy atom. The zero-order chi connectivity index (χ0) is 25.9. The maximum atomic E-state index is 13.3. The van der Waals surface area contributed by atoms with Crippen molar-refractivity contribution in [3.63, 3.8) is 0 Å². The number of fused-ring (bicyclic) bond motifs is 1. The minimum absolute atomic E-state index is 0.199. The molecule has 0 aliphatic rings. The van der Waals surface area contributed by atoms with Crippen LogP contribution in [0.2, 0.25) is 0 Å². The lowest BCUT2D eigenvalue weighted by Gasteiger charge is -2.09. The first kappa shape index (κ1) is 23.8. The number of benzene rings is 2. The average molecular weight is 491 g/mol. The standard InChI is InChI=1S/C28H26N8O/c1-18-25-21(16-24(19-10-5-3-6-11-19)32-27(25)35(2)33-18)28(37)31-15-9-14-23-22(17-29)26(30)36(34-23)20-12-7-4-8-13-20/h3-8,10-13,16H,9,14-15,30H2,1-2H3,(H,31,37). The summed E-state index contributed by atoms with van der Waals surface area (Å²) in [4.78, 5) is 18.1. The van der Waals surface area contributed by atoms with Crippen molar-refractivity contribution in [3.05, 3.63) is 89.2 Å². The van der Waals surface area contributed by atoms with Crippen LogP contribution < -0.4 is 11.1 Å². The number of carbonyl (C=O) groups is 1. The van der Waals surface area contributed by atoms with Gasteiger partial charge in [-0.3, -0.25) is 9.48 Å². The van der Waals surface area contributed by atoms with Crippen molar-refractivity contribution < 1.29 is 4.79 Å². The summed E-state index contributed by atoms with van der Waals surface area (Å²) in [7, 11) is 1.83. The van der Waals surface area contributed by atoms with Crippen molar-refractivity contribution in [1.29, 1.82) is 5.26 Å². The van der Waals surface area contributed by atoms with Crippen LogP contribution in [-0.4, -0.2) is 37.0 Å². The Bertz CT molecular complexity index is 1630. The Labute approximate surface area is 214 Å². The number of pyridine rings is 1. The predicted molar refractivity (Wildman–Crippen MR) is 142 cm³/mol. The third kappa shape index (κ3) is 4.52. The van der Waals surface area contributed by atoms with Crippen LogP contribution >= 0.6 is 0 Å². The van der Waals surface area contributed by atoms with E-state index in [1.54, 1.807) is 9.36 Å². The fourth-order valence-electron chi connectivity index (χ4n) is 4.47. The number of hydrogen-bond donors (Lipinski definition) is 2. The molecule has 1 amide bonds. The molecule has 0 fully saturated rings. The number of nitrogens with one attached hydrogen (secondary N) is 1. The quantitative estimate of drug-likeness (QED) is 0.333. The molecule has 0 bridgehead atoms. The molecule has 0 saturated carbocycles. The summed E-state index contributed by atoms with van der Waals surface area (Å²) in [5, 5.41) is 22.4. The Kier molecular flexibility index (Phi) is 6.39. The third-order valence-electron chi connectivity index (χ3n) is 6.26. The van der Waals surface area contributed by atoms with Crippen molar-refractivity contribution >= 4 is 22.8 Å². The zero-order valence-corrected chi connectivity index (χ0v) is 20.6. The van der Waals surface area contributed by atoms with Crippen molar-refractivity contribution in [3.8, 4) is 23.0 Å². The van der Waals surface area contributed by atoms with E-state index in [1.807, 2.05) is 80.7 Å². The first-order chi connectivity index (χ1) is 18.0. The summed E-state index contributed by atoms with van der Waals surface area (Å²) in [5.41, 5.74) is 11.5. The zero-order valence-electron chi connectivity index (χ0n) is 20.6. The summed E-state index contributed by atoms with van der Waals surface area (Å²) in [5.74, 6) is 0.114. The fraction of sp³-hybridized carbons (Fsp3) is 0.179. The topological polar surface area (TPSA) is 127 Å². The van der Waals surface area contributed by atoms with Crippen molar-refractivity contribution in [2.75, 3.05) is 12.3 Å². The monoisotopic (exact) mass is 490 g/mol. The Hall–Kier alpha value is -4.97. The second kappa shape index (κ2) is 9.95. The fourth-order valence-corrected chi connectivity index (χ4v) is 4.47. The molecule has 9 nitrogen and oxygen atoms in total. The molecule has 0 atom stereocenters. The van der Waals surface area contributed by atoms with Crippen LogP contribution in [0.25, 0.3) is 28.0 Å². The highest BCUT2D eigenvalue weighted by atomic mass is 16.1. The van der Waals surface area contributed by atoms with Crippen molar-refractivity contribution in [1.82, 2.24) is 29.9 Å². The van der Waals surface area contributed by atoms with E-state index in [4.69, 9.17) is 10.7 Å². The van der Waals surface area contributed by atoms with Gasteiger partial charge in [-0.25, -0.2) is 9.67 Å². The van der Waals surface area contributed by atoms with Crippen LogP contribution in [0.15, 0.2) is 66.7 Å². The van der Waals surface area contributed by atoms with Gasteiger partial charge in [0.25, 0.3) is 5.91 Å². The normalized spacial score (nSPS) is 10.9. The van der Waals surface area contributed by atoms with E-state index in [0.29, 0.717) is 53.4 Å². The van der Waals surface area contributed by atoms with Crippen LogP contribution in [0.5, 0.6) is 0 Å². The van der Waals surface area contributed by atoms with E-state index in [9.17, 15) is 10.1 Å². The van der Waals surface area contributed by atoms with E-state index in [2.05, 4.69) is 21.6 Å². The molecular weight excluding hydrogens is 464 g/mol. The van der Waals surface area contributed by atoms with Gasteiger partial charge in [0.1, 0.15) is 17.5 Å². The lowest BCUT2D eigenvalue weighted by atomic mass is 10.0. The molecule has 0 unspecified atom stereocenters. The second-order valence-corrected chi connectivity index (χ2v) is 8.75. The molecule has 37 heavy (non-hydrogen) atoms. The van der Waals surface area contributed by atoms with Gasteiger partial charge in [0, 0.05) is 19.2 Å². The van der Waals surface area contributed by atoms with Gasteiger partial charge in [0.2, 0.25) is 0 Å². The minimum atomic E-state index is -0.199. The number of aryl methyl sites for hydroxylation is 3. The van der Waals surface area contributed by atoms with E-state index in [0.717, 1.165) is 22.3 Å². The van der Waals surface area contributed by atoms with Gasteiger partial charge in [-0.05, 0) is 38.0 Å². The summed E-state index contributed by atoms with van der Waals surface area (Å²) in [6.07, 6.45) is 1.09. The highest BCUT2D eigenvalue weighted by molar-refractivity contribution is 6.07. The van der Waals surface area contributed by atoms with Gasteiger partial charge < -0.3 is 11.1 Å². The van der Waals surface area contributed by atoms with Crippen LogP contribution in [-0.2, 0) is 13.5 Å². The number of nitriles is 1. The highest BCUT2D eigenvalue weighted by Crippen LogP contribution is 2.27. The van der Waals surface area contributed by atoms with Crippen molar-refractivity contribution in [2.45, 2.75) is 19.8 Å². The van der Waals surface area contributed by atoms with Gasteiger partial charge in [0.05, 0.1) is 33.7 Å². The minimum Gasteiger partial charge on any atom is -0.382 e. The lowest BCUT2D eigenvalue weighted by molar-refractivity contribution is 0.0954. The number of aromatic nitrogens is 5. The number of nitrogens with zero attached hydrogens (tertiary/aromatic N) is 6. The molecule has 0 aliphatic heterocycles. The van der Waals surface area contributed by atoms with E-state index < -0.39 is 0 Å². The molecule has 2 aromatic carbocycles. The molecular formula is C28H26N8O. The largest absolute Gasteiger partial charge is 0.382 e. The highest BCUT2D eigenvalue weighted by Gasteiger charge is 2.20. The lowest BCUT2D eigenvalue weighted by Crippen LogP contribution is -2.25. The second-order valence-electron chi connectivity index (χ2n) is 8.75. The van der Waals surface area contributed by atoms with E-state index >= 15 is 0 Å². The maximum absolute atomic E-state index is 13.3. The van der Waals surface area contributed by atoms with Crippen LogP contribution in [0.1, 0.15) is 33.7 Å². The van der Waals surface area contributed by atoms with E-state index in [-0.39, 0.29) is 5.91 Å². The number of anilines is 1. The van der Waals surface area contributed by atoms with Gasteiger partial charge >= 0.3 is 0 Å². The molecule has 5 rings (SSSR count). The summed E-state index contributed by atoms with van der Waals surface area (Å²) in [6.45, 7) is 2.28. The van der Waals surface area contributed by atoms with Gasteiger partial charge in [-0.1, -0.05) is 48.5 Å². The van der Waals surface area contributed by atoms with Gasteiger partial charge in [-0.15, -0.1) is 0 Å². The van der Waals surface area contributed by atoms with Crippen molar-refractivity contribution in [2.24, 2.45) is 7.05 Å². The molecule has 3 aromatic heterocycles. The molecule has 184 valence electrons. The smallest absolute Gasteiger partial charge is 0.252 e. The average Bonchev–Trinajstić information content (AvgIpc) is 3.41. The Balaban J connectivity index is 1.34. The SMILES string of the molecule is Cc1nn(C)c2nc(-c3ccccc3)cc(C(=O)NCCCc3nn(-c4ccccc4)c(N)c3C#N)c12. The number of nitrogen functional groups attached to an aromatic ring is 1. The number of carbonyl (C=O) groups excluding carboxylic acids is 1. The predicted octanol–water partition coefficient (Wildman–Crippen LogP) is 3.95. The summed E-state index contributed by atoms with van der Waals surface area (Å²) in [6, 6.07) is 23.2. The van der Waals surface area contributed by atoms with Crippen LogP contribution in [0.4, 0.5) is 5.82 Å². The van der Waals surface area contributed by atoms with Crippen LogP contribution in [0, 0.1) is 18.3 Å². The number of rotatable bonds is 7. The number of para-hydroxylation sites is 1. The Morgan fingerprint density at radius 2 is 1.78 bits per heavy atom. The maximum Gasteiger partial charge on any atom is 0.252 e. The molecule has 0 aliphatic carbocycles. The van der Waals surface area contributed by atoms with E-state index in [1.165, 1.54) is 0 Å². The third-order valence-corrected chi connectivity index (χ3v) is 6.26. The van der Waals surface area contributed by atoms with Gasteiger partial charge in [-0.2, -0.15) is 15.5 Å². The molecule has 0 spiro atoms. The molecule has 0 saturated heterocycles. The number of amides is 1. The number of nitrogens with two attached hydrogens (primary N) is 1. The summed E-state index contributed by atoms with van der Waals surface area (Å²) < 4.78 is 3.28. The number of hydrogen-bond acceptors (Lipinski definition) is 6. The first-order valence-corrected chi connectivity index (χ1v) is 12.0. The molecule has 0 radical (unpaired) electrons. The first-order valence-electron chi connectivity index (χ1n) is 12.0.